The number of hydrogen-bond acceptors (Lipinski definition) is 5. The minimum atomic E-state index is -0.611. The molecule has 1 aliphatic carbocycles. The van der Waals surface area contributed by atoms with Crippen LogP contribution in [0.3, 0.4) is 0 Å². The molecule has 0 saturated heterocycles. The number of nitrogens with two attached hydrogens (primary N) is 1. The summed E-state index contributed by atoms with van der Waals surface area (Å²) in [6, 6.07) is 3.61. The van der Waals surface area contributed by atoms with Gasteiger partial charge in [-0.05, 0) is 30.9 Å². The molecule has 2 rings (SSSR count). The van der Waals surface area contributed by atoms with Crippen LogP contribution in [0, 0.1) is 5.92 Å². The Balaban J connectivity index is 1.95. The van der Waals surface area contributed by atoms with E-state index in [9.17, 15) is 5.11 Å². The number of aliphatic hydroxyl groups is 1. The van der Waals surface area contributed by atoms with Crippen LogP contribution < -0.4 is 15.8 Å². The first-order valence-corrected chi connectivity index (χ1v) is 7.84. The van der Waals surface area contributed by atoms with Crippen LogP contribution in [0.4, 0.5) is 11.5 Å². The second-order valence-electron chi connectivity index (χ2n) is 6.43. The lowest BCUT2D eigenvalue weighted by Gasteiger charge is -2.32. The van der Waals surface area contributed by atoms with E-state index in [0.717, 1.165) is 25.7 Å². The Bertz CT molecular complexity index is 457. The van der Waals surface area contributed by atoms with E-state index < -0.39 is 5.60 Å². The highest BCUT2D eigenvalue weighted by Gasteiger charge is 2.28. The summed E-state index contributed by atoms with van der Waals surface area (Å²) in [7, 11) is 0. The van der Waals surface area contributed by atoms with E-state index in [0.29, 0.717) is 36.5 Å². The van der Waals surface area contributed by atoms with Gasteiger partial charge >= 0.3 is 0 Å². The first kappa shape index (κ1) is 15.9. The van der Waals surface area contributed by atoms with Crippen LogP contribution in [0.25, 0.3) is 0 Å². The Kier molecular flexibility index (Phi) is 5.28. The third kappa shape index (κ3) is 4.77. The number of nitrogens with zero attached hydrogens (tertiary/aromatic N) is 1. The van der Waals surface area contributed by atoms with Crippen molar-refractivity contribution in [2.45, 2.75) is 51.6 Å². The summed E-state index contributed by atoms with van der Waals surface area (Å²) in [4.78, 5) is 4.39. The lowest BCUT2D eigenvalue weighted by Crippen LogP contribution is -2.38. The molecule has 1 aliphatic rings. The molecule has 1 heterocycles. The van der Waals surface area contributed by atoms with Gasteiger partial charge in [0.25, 0.3) is 0 Å². The lowest BCUT2D eigenvalue weighted by atomic mass is 9.85. The smallest absolute Gasteiger partial charge is 0.239 e. The Labute approximate surface area is 126 Å². The average Bonchev–Trinajstić information content (AvgIpc) is 2.46. The summed E-state index contributed by atoms with van der Waals surface area (Å²) in [6.45, 7) is 5.27. The van der Waals surface area contributed by atoms with Gasteiger partial charge in [0.1, 0.15) is 5.82 Å². The van der Waals surface area contributed by atoms with Crippen molar-refractivity contribution in [2.75, 3.05) is 24.2 Å². The molecular weight excluding hydrogens is 266 g/mol. The maximum absolute atomic E-state index is 10.5. The zero-order valence-corrected chi connectivity index (χ0v) is 13.1. The summed E-state index contributed by atoms with van der Waals surface area (Å²) in [5, 5.41) is 13.7. The van der Waals surface area contributed by atoms with Crippen molar-refractivity contribution < 1.29 is 9.84 Å². The first-order valence-electron chi connectivity index (χ1n) is 7.84. The second-order valence-corrected chi connectivity index (χ2v) is 6.43. The van der Waals surface area contributed by atoms with E-state index in [1.54, 1.807) is 6.07 Å². The summed E-state index contributed by atoms with van der Waals surface area (Å²) in [6.07, 6.45) is 5.11. The molecule has 21 heavy (non-hydrogen) atoms. The van der Waals surface area contributed by atoms with Crippen molar-refractivity contribution in [1.29, 1.82) is 0 Å². The normalized spacial score (nSPS) is 17.7. The van der Waals surface area contributed by atoms with Gasteiger partial charge < -0.3 is 20.9 Å². The molecule has 0 atom stereocenters. The van der Waals surface area contributed by atoms with Crippen molar-refractivity contribution >= 4 is 11.5 Å². The fraction of sp³-hybridized carbons (Fsp3) is 0.688. The lowest BCUT2D eigenvalue weighted by molar-refractivity contribution is 0.0166. The van der Waals surface area contributed by atoms with Crippen LogP contribution in [0.2, 0.25) is 0 Å². The molecular formula is C16H27N3O2. The van der Waals surface area contributed by atoms with E-state index in [-0.39, 0.29) is 0 Å². The highest BCUT2D eigenvalue weighted by Crippen LogP contribution is 2.28. The van der Waals surface area contributed by atoms with Crippen LogP contribution in [0.5, 0.6) is 5.88 Å². The minimum absolute atomic E-state index is 0.422. The Morgan fingerprint density at radius 1 is 1.33 bits per heavy atom. The van der Waals surface area contributed by atoms with Crippen molar-refractivity contribution in [1.82, 2.24) is 4.98 Å². The van der Waals surface area contributed by atoms with Crippen molar-refractivity contribution in [3.05, 3.63) is 12.1 Å². The Hall–Kier alpha value is -1.49. The number of nitrogens with one attached hydrogen (secondary N) is 1. The maximum Gasteiger partial charge on any atom is 0.239 e. The van der Waals surface area contributed by atoms with Crippen molar-refractivity contribution in [3.63, 3.8) is 0 Å². The Morgan fingerprint density at radius 3 is 2.71 bits per heavy atom. The van der Waals surface area contributed by atoms with Crippen LogP contribution in [-0.2, 0) is 0 Å². The second kappa shape index (κ2) is 6.98. The number of nitrogen functional groups attached to an aromatic ring is 1. The molecule has 0 amide bonds. The summed E-state index contributed by atoms with van der Waals surface area (Å²) >= 11 is 0. The molecule has 1 saturated carbocycles. The average molecular weight is 293 g/mol. The number of hydrogen-bond donors (Lipinski definition) is 3. The molecule has 0 radical (unpaired) electrons. The highest BCUT2D eigenvalue weighted by molar-refractivity contribution is 5.53. The van der Waals surface area contributed by atoms with Gasteiger partial charge in [-0.2, -0.15) is 4.98 Å². The predicted molar refractivity (Wildman–Crippen MR) is 85.5 cm³/mol. The molecule has 5 nitrogen and oxygen atoms in total. The van der Waals surface area contributed by atoms with E-state index in [4.69, 9.17) is 10.5 Å². The summed E-state index contributed by atoms with van der Waals surface area (Å²) < 4.78 is 5.62. The largest absolute Gasteiger partial charge is 0.476 e. The van der Waals surface area contributed by atoms with Crippen molar-refractivity contribution in [2.24, 2.45) is 5.92 Å². The monoisotopic (exact) mass is 293 g/mol. The van der Waals surface area contributed by atoms with Crippen LogP contribution >= 0.6 is 0 Å². The van der Waals surface area contributed by atoms with Crippen LogP contribution in [-0.4, -0.2) is 28.8 Å². The number of rotatable bonds is 6. The minimum Gasteiger partial charge on any atom is -0.476 e. The van der Waals surface area contributed by atoms with E-state index in [1.807, 2.05) is 6.07 Å². The molecule has 5 heteroatoms. The third-order valence-electron chi connectivity index (χ3n) is 3.83. The maximum atomic E-state index is 10.5. The van der Waals surface area contributed by atoms with Gasteiger partial charge in [-0.1, -0.05) is 33.1 Å². The van der Waals surface area contributed by atoms with E-state index in [1.165, 1.54) is 6.42 Å². The molecule has 4 N–H and O–H groups in total. The van der Waals surface area contributed by atoms with Crippen LogP contribution in [0.1, 0.15) is 46.0 Å². The molecule has 118 valence electrons. The van der Waals surface area contributed by atoms with Gasteiger partial charge in [-0.15, -0.1) is 0 Å². The highest BCUT2D eigenvalue weighted by atomic mass is 16.5. The quantitative estimate of drug-likeness (QED) is 0.751. The summed E-state index contributed by atoms with van der Waals surface area (Å²) in [5.74, 6) is 1.58. The van der Waals surface area contributed by atoms with E-state index >= 15 is 0 Å². The van der Waals surface area contributed by atoms with E-state index in [2.05, 4.69) is 24.1 Å². The van der Waals surface area contributed by atoms with Gasteiger partial charge in [-0.3, -0.25) is 0 Å². The fourth-order valence-electron chi connectivity index (χ4n) is 2.55. The molecule has 0 unspecified atom stereocenters. The molecule has 0 bridgehead atoms. The van der Waals surface area contributed by atoms with Gasteiger partial charge in [0.05, 0.1) is 17.9 Å². The molecule has 0 aliphatic heterocycles. The number of anilines is 2. The third-order valence-corrected chi connectivity index (χ3v) is 3.83. The topological polar surface area (TPSA) is 80.4 Å². The molecule has 0 spiro atoms. The Morgan fingerprint density at radius 2 is 2.05 bits per heavy atom. The molecule has 0 aromatic carbocycles. The van der Waals surface area contributed by atoms with Crippen LogP contribution in [0.15, 0.2) is 12.1 Å². The number of pyridine rings is 1. The molecule has 1 fully saturated rings. The van der Waals surface area contributed by atoms with Gasteiger partial charge in [0.15, 0.2) is 0 Å². The molecule has 1 aromatic rings. The van der Waals surface area contributed by atoms with Gasteiger partial charge in [0, 0.05) is 6.54 Å². The molecule has 1 aromatic heterocycles. The summed E-state index contributed by atoms with van der Waals surface area (Å²) in [5.41, 5.74) is 5.80. The SMILES string of the molecule is CC(C)COc1nc(NCC2(O)CCCCC2)ccc1N. The number of ether oxygens (including phenoxy) is 1. The number of aromatic nitrogens is 1. The standard InChI is InChI=1S/C16H27N3O2/c1-12(2)10-21-15-13(17)6-7-14(19-15)18-11-16(20)8-4-3-5-9-16/h6-7,12,20H,3-5,8-11,17H2,1-2H3,(H,18,19). The van der Waals surface area contributed by atoms with Gasteiger partial charge in [-0.25, -0.2) is 0 Å². The zero-order chi connectivity index (χ0) is 15.3. The fourth-order valence-corrected chi connectivity index (χ4v) is 2.55. The predicted octanol–water partition coefficient (Wildman–Crippen LogP) is 2.81. The first-order chi connectivity index (χ1) is 9.98. The van der Waals surface area contributed by atoms with Crippen molar-refractivity contribution in [3.8, 4) is 5.88 Å². The van der Waals surface area contributed by atoms with Gasteiger partial charge in [0.2, 0.25) is 5.88 Å². The zero-order valence-electron chi connectivity index (χ0n) is 13.1.